The van der Waals surface area contributed by atoms with Gasteiger partial charge in [-0.05, 0) is 24.5 Å². The Kier molecular flexibility index (Phi) is 3.48. The number of carbonyl (C=O) groups is 1. The molecule has 1 aromatic heterocycles. The molecule has 0 aliphatic carbocycles. The number of fused-ring (bicyclic) bond motifs is 2. The van der Waals surface area contributed by atoms with Crippen LogP contribution in [0.3, 0.4) is 0 Å². The maximum atomic E-state index is 13.1. The first-order valence-electron chi connectivity index (χ1n) is 8.71. The monoisotopic (exact) mass is 324 g/mol. The van der Waals surface area contributed by atoms with Crippen LogP contribution in [0.2, 0.25) is 0 Å². The second kappa shape index (κ2) is 5.43. The van der Waals surface area contributed by atoms with Gasteiger partial charge < -0.3 is 4.90 Å². The fourth-order valence-electron chi connectivity index (χ4n) is 4.19. The molecule has 3 heterocycles. The van der Waals surface area contributed by atoms with Crippen molar-refractivity contribution >= 4 is 5.91 Å². The Balaban J connectivity index is 1.56. The van der Waals surface area contributed by atoms with Crippen LogP contribution in [0.5, 0.6) is 0 Å². The maximum absolute atomic E-state index is 13.1. The summed E-state index contributed by atoms with van der Waals surface area (Å²) in [6.07, 6.45) is 1.71. The fourth-order valence-corrected chi connectivity index (χ4v) is 4.19. The van der Waals surface area contributed by atoms with Crippen LogP contribution < -0.4 is 0 Å². The summed E-state index contributed by atoms with van der Waals surface area (Å²) in [4.78, 5) is 19.6. The molecule has 0 radical (unpaired) electrons. The van der Waals surface area contributed by atoms with Gasteiger partial charge in [0.1, 0.15) is 11.6 Å². The zero-order chi connectivity index (χ0) is 16.9. The number of benzene rings is 1. The van der Waals surface area contributed by atoms with Gasteiger partial charge in [-0.2, -0.15) is 5.10 Å². The number of amides is 1. The highest BCUT2D eigenvalue weighted by molar-refractivity contribution is 5.79. The minimum Gasteiger partial charge on any atom is -0.337 e. The van der Waals surface area contributed by atoms with E-state index < -0.39 is 0 Å². The first-order chi connectivity index (χ1) is 11.4. The average Bonchev–Trinajstić information content (AvgIpc) is 2.92. The van der Waals surface area contributed by atoms with Gasteiger partial charge >= 0.3 is 0 Å². The van der Waals surface area contributed by atoms with Crippen molar-refractivity contribution in [3.05, 3.63) is 47.0 Å². The lowest BCUT2D eigenvalue weighted by molar-refractivity contribution is -0.138. The molecular formula is C19H24N4O. The van der Waals surface area contributed by atoms with Crippen molar-refractivity contribution in [1.29, 1.82) is 0 Å². The molecule has 0 saturated heterocycles. The van der Waals surface area contributed by atoms with E-state index in [4.69, 9.17) is 0 Å². The van der Waals surface area contributed by atoms with Gasteiger partial charge in [0.15, 0.2) is 0 Å². The van der Waals surface area contributed by atoms with E-state index in [1.165, 1.54) is 11.1 Å². The molecular weight excluding hydrogens is 300 g/mol. The molecule has 126 valence electrons. The van der Waals surface area contributed by atoms with Gasteiger partial charge in [-0.15, -0.1) is 0 Å². The third kappa shape index (κ3) is 2.52. The van der Waals surface area contributed by atoms with Crippen LogP contribution in [0.1, 0.15) is 43.0 Å². The Hall–Kier alpha value is -2.17. The molecule has 5 heteroatoms. The zero-order valence-electron chi connectivity index (χ0n) is 14.6. The van der Waals surface area contributed by atoms with Gasteiger partial charge in [0.25, 0.3) is 0 Å². The van der Waals surface area contributed by atoms with E-state index in [1.54, 1.807) is 0 Å². The molecule has 5 nitrogen and oxygen atoms in total. The van der Waals surface area contributed by atoms with Crippen LogP contribution in [-0.4, -0.2) is 32.1 Å². The molecule has 24 heavy (non-hydrogen) atoms. The molecule has 1 aromatic carbocycles. The van der Waals surface area contributed by atoms with Crippen molar-refractivity contribution in [2.45, 2.75) is 52.1 Å². The van der Waals surface area contributed by atoms with Gasteiger partial charge in [0.2, 0.25) is 5.91 Å². The highest BCUT2D eigenvalue weighted by atomic mass is 16.2. The van der Waals surface area contributed by atoms with Crippen LogP contribution in [0, 0.1) is 12.8 Å². The minimum atomic E-state index is -0.00578. The quantitative estimate of drug-likeness (QED) is 0.810. The standard InChI is InChI=1S/C19H24N4O/c1-13-20-17-9-8-15(11-23(17)21-13)18(24)22-10-14-6-4-5-7-16(14)19(2,3)12-22/h4-7,15H,8-12H2,1-3H3. The number of aryl methyl sites for hydroxylation is 2. The van der Waals surface area contributed by atoms with Crippen molar-refractivity contribution < 1.29 is 4.79 Å². The van der Waals surface area contributed by atoms with E-state index in [0.717, 1.165) is 37.6 Å². The van der Waals surface area contributed by atoms with Crippen LogP contribution in [0.25, 0.3) is 0 Å². The fraction of sp³-hybridized carbons (Fsp3) is 0.526. The van der Waals surface area contributed by atoms with Crippen LogP contribution in [0.4, 0.5) is 0 Å². The summed E-state index contributed by atoms with van der Waals surface area (Å²) in [5, 5.41) is 4.43. The Morgan fingerprint density at radius 3 is 2.92 bits per heavy atom. The second-order valence-corrected chi connectivity index (χ2v) is 7.73. The molecule has 2 aromatic rings. The number of rotatable bonds is 1. The predicted molar refractivity (Wildman–Crippen MR) is 91.5 cm³/mol. The molecule has 2 aliphatic heterocycles. The molecule has 0 N–H and O–H groups in total. The Labute approximate surface area is 142 Å². The molecule has 4 rings (SSSR count). The van der Waals surface area contributed by atoms with E-state index in [-0.39, 0.29) is 17.2 Å². The van der Waals surface area contributed by atoms with Gasteiger partial charge in [-0.1, -0.05) is 38.1 Å². The third-order valence-corrected chi connectivity index (χ3v) is 5.32. The topological polar surface area (TPSA) is 51.0 Å². The third-order valence-electron chi connectivity index (χ3n) is 5.32. The molecule has 1 unspecified atom stereocenters. The summed E-state index contributed by atoms with van der Waals surface area (Å²) >= 11 is 0. The maximum Gasteiger partial charge on any atom is 0.227 e. The second-order valence-electron chi connectivity index (χ2n) is 7.73. The first-order valence-corrected chi connectivity index (χ1v) is 8.71. The van der Waals surface area contributed by atoms with Crippen LogP contribution >= 0.6 is 0 Å². The number of hydrogen-bond donors (Lipinski definition) is 0. The lowest BCUT2D eigenvalue weighted by Gasteiger charge is -2.41. The van der Waals surface area contributed by atoms with Gasteiger partial charge in [-0.3, -0.25) is 4.79 Å². The largest absolute Gasteiger partial charge is 0.337 e. The summed E-state index contributed by atoms with van der Waals surface area (Å²) in [5.41, 5.74) is 2.64. The van der Waals surface area contributed by atoms with E-state index >= 15 is 0 Å². The molecule has 0 spiro atoms. The van der Waals surface area contributed by atoms with Crippen LogP contribution in [-0.2, 0) is 29.7 Å². The van der Waals surface area contributed by atoms with Gasteiger partial charge in [0.05, 0.1) is 12.5 Å². The summed E-state index contributed by atoms with van der Waals surface area (Å²) in [7, 11) is 0. The van der Waals surface area contributed by atoms with E-state index in [2.05, 4.69) is 48.2 Å². The van der Waals surface area contributed by atoms with Crippen molar-refractivity contribution in [2.75, 3.05) is 6.54 Å². The average molecular weight is 324 g/mol. The van der Waals surface area contributed by atoms with E-state index in [0.29, 0.717) is 6.54 Å². The molecule has 0 fully saturated rings. The summed E-state index contributed by atoms with van der Waals surface area (Å²) in [6, 6.07) is 8.50. The SMILES string of the molecule is Cc1nc2n(n1)CC(C(=O)N1Cc3ccccc3C(C)(C)C1)CC2. The number of carbonyl (C=O) groups excluding carboxylic acids is 1. The van der Waals surface area contributed by atoms with Crippen molar-refractivity contribution in [1.82, 2.24) is 19.7 Å². The lowest BCUT2D eigenvalue weighted by Crippen LogP contribution is -2.48. The molecule has 2 aliphatic rings. The smallest absolute Gasteiger partial charge is 0.227 e. The molecule has 0 bridgehead atoms. The Morgan fingerprint density at radius 1 is 1.29 bits per heavy atom. The number of aromatic nitrogens is 3. The predicted octanol–water partition coefficient (Wildman–Crippen LogP) is 2.47. The van der Waals surface area contributed by atoms with E-state index in [1.807, 2.05) is 16.5 Å². The molecule has 1 atom stereocenters. The van der Waals surface area contributed by atoms with E-state index in [9.17, 15) is 4.79 Å². The van der Waals surface area contributed by atoms with Gasteiger partial charge in [0, 0.05) is 24.9 Å². The van der Waals surface area contributed by atoms with Crippen LogP contribution in [0.15, 0.2) is 24.3 Å². The highest BCUT2D eigenvalue weighted by Gasteiger charge is 2.37. The van der Waals surface area contributed by atoms with Crippen molar-refractivity contribution in [3.63, 3.8) is 0 Å². The zero-order valence-corrected chi connectivity index (χ0v) is 14.6. The summed E-state index contributed by atoms with van der Waals surface area (Å²) < 4.78 is 1.92. The Bertz CT molecular complexity index is 792. The molecule has 1 amide bonds. The minimum absolute atomic E-state index is 0.00578. The van der Waals surface area contributed by atoms with Crippen molar-refractivity contribution in [3.8, 4) is 0 Å². The van der Waals surface area contributed by atoms with Crippen molar-refractivity contribution in [2.24, 2.45) is 5.92 Å². The van der Waals surface area contributed by atoms with Gasteiger partial charge in [-0.25, -0.2) is 9.67 Å². The number of hydrogen-bond acceptors (Lipinski definition) is 3. The Morgan fingerprint density at radius 2 is 2.08 bits per heavy atom. The lowest BCUT2D eigenvalue weighted by atomic mass is 9.78. The highest BCUT2D eigenvalue weighted by Crippen LogP contribution is 2.34. The normalized spacial score (nSPS) is 22.0. The summed E-state index contributed by atoms with van der Waals surface area (Å²) in [6.45, 7) is 8.52. The number of nitrogens with zero attached hydrogens (tertiary/aromatic N) is 4. The molecule has 0 saturated carbocycles. The first kappa shape index (κ1) is 15.4. The summed E-state index contributed by atoms with van der Waals surface area (Å²) in [5.74, 6) is 2.09.